The maximum absolute atomic E-state index is 14.3. The van der Waals surface area contributed by atoms with Gasteiger partial charge in [0, 0.05) is 56.4 Å². The van der Waals surface area contributed by atoms with Crippen molar-refractivity contribution in [2.24, 2.45) is 0 Å². The summed E-state index contributed by atoms with van der Waals surface area (Å²) in [4.78, 5) is 27.2. The number of piperazine rings is 1. The predicted octanol–water partition coefficient (Wildman–Crippen LogP) is 4.88. The van der Waals surface area contributed by atoms with E-state index in [1.807, 2.05) is 49.9 Å². The number of nitrogens with zero attached hydrogens (tertiary/aromatic N) is 7. The van der Waals surface area contributed by atoms with Gasteiger partial charge in [0.2, 0.25) is 0 Å². The minimum absolute atomic E-state index is 0.0340. The minimum atomic E-state index is -4.72. The van der Waals surface area contributed by atoms with Gasteiger partial charge >= 0.3 is 12.2 Å². The van der Waals surface area contributed by atoms with Crippen molar-refractivity contribution in [2.75, 3.05) is 42.9 Å². The highest BCUT2D eigenvalue weighted by Crippen LogP contribution is 2.38. The van der Waals surface area contributed by atoms with Crippen LogP contribution in [0.2, 0.25) is 0 Å². The molecule has 10 nitrogen and oxygen atoms in total. The maximum atomic E-state index is 14.3. The Kier molecular flexibility index (Phi) is 8.67. The number of aromatic nitrogens is 4. The van der Waals surface area contributed by atoms with Crippen molar-refractivity contribution in [1.29, 1.82) is 0 Å². The monoisotopic (exact) mass is 586 g/mol. The summed E-state index contributed by atoms with van der Waals surface area (Å²) in [6.45, 7) is 10.6. The molecule has 2 aliphatic heterocycles. The molecule has 1 aromatic carbocycles. The second kappa shape index (κ2) is 12.2. The summed E-state index contributed by atoms with van der Waals surface area (Å²) in [6, 6.07) is 7.78. The number of hydrogen-bond acceptors (Lipinski definition) is 9. The summed E-state index contributed by atoms with van der Waals surface area (Å²) >= 11 is 0. The first-order chi connectivity index (χ1) is 20.1. The second-order valence-corrected chi connectivity index (χ2v) is 11.0. The molecule has 226 valence electrons. The number of carbonyl (C=O) groups excluding carboxylic acids is 1. The number of nitrogens with one attached hydrogen (secondary N) is 1. The van der Waals surface area contributed by atoms with E-state index >= 15 is 0 Å². The van der Waals surface area contributed by atoms with Crippen LogP contribution in [0.25, 0.3) is 11.6 Å². The van der Waals surface area contributed by atoms with Crippen molar-refractivity contribution in [3.8, 4) is 11.6 Å². The minimum Gasteiger partial charge on any atom is -0.402 e. The molecule has 5 rings (SSSR count). The fourth-order valence-electron chi connectivity index (χ4n) is 5.89. The average molecular weight is 587 g/mol. The lowest BCUT2D eigenvalue weighted by Gasteiger charge is -2.50. The van der Waals surface area contributed by atoms with E-state index in [2.05, 4.69) is 37.3 Å². The summed E-state index contributed by atoms with van der Waals surface area (Å²) < 4.78 is 48.3. The summed E-state index contributed by atoms with van der Waals surface area (Å²) in [5, 5.41) is 10.4. The molecule has 0 bridgehead atoms. The lowest BCUT2D eigenvalue weighted by atomic mass is 9.95. The molecule has 0 spiro atoms. The Morgan fingerprint density at radius 2 is 1.81 bits per heavy atom. The Balaban J connectivity index is 1.30. The highest BCUT2D eigenvalue weighted by molar-refractivity contribution is 5.94. The number of piperidine rings is 1. The fraction of sp³-hybridized carbons (Fsp3) is 0.552. The van der Waals surface area contributed by atoms with E-state index in [0.29, 0.717) is 38.3 Å². The molecule has 1 N–H and O–H groups in total. The number of halogens is 3. The van der Waals surface area contributed by atoms with E-state index in [0.717, 1.165) is 24.8 Å². The van der Waals surface area contributed by atoms with Crippen LogP contribution in [0, 0.1) is 6.92 Å². The number of anilines is 2. The Bertz CT molecular complexity index is 1370. The van der Waals surface area contributed by atoms with Crippen LogP contribution in [-0.4, -0.2) is 86.7 Å². The third-order valence-electron chi connectivity index (χ3n) is 8.14. The van der Waals surface area contributed by atoms with Crippen LogP contribution in [0.3, 0.4) is 0 Å². The molecule has 0 saturated carbocycles. The maximum Gasteiger partial charge on any atom is 0.437 e. The van der Waals surface area contributed by atoms with E-state index in [4.69, 9.17) is 4.42 Å². The zero-order valence-electron chi connectivity index (χ0n) is 24.4. The van der Waals surface area contributed by atoms with Crippen LogP contribution >= 0.6 is 0 Å². The second-order valence-electron chi connectivity index (χ2n) is 11.0. The molecule has 2 aromatic heterocycles. The van der Waals surface area contributed by atoms with Crippen molar-refractivity contribution < 1.29 is 22.4 Å². The third kappa shape index (κ3) is 6.20. The number of alkyl halides is 3. The first-order valence-electron chi connectivity index (χ1n) is 14.5. The smallest absolute Gasteiger partial charge is 0.402 e. The molecule has 1 amide bonds. The Labute approximate surface area is 243 Å². The number of benzene rings is 1. The molecule has 2 atom stereocenters. The average Bonchev–Trinajstić information content (AvgIpc) is 3.45. The molecular formula is C29H37F3N8O2. The van der Waals surface area contributed by atoms with Gasteiger partial charge in [0.05, 0.1) is 6.20 Å². The van der Waals surface area contributed by atoms with Gasteiger partial charge in [-0.3, -0.25) is 9.69 Å². The largest absolute Gasteiger partial charge is 0.437 e. The lowest BCUT2D eigenvalue weighted by molar-refractivity contribution is -0.140. The van der Waals surface area contributed by atoms with E-state index in [-0.39, 0.29) is 47.4 Å². The van der Waals surface area contributed by atoms with Gasteiger partial charge in [-0.15, -0.1) is 5.10 Å². The van der Waals surface area contributed by atoms with Crippen LogP contribution in [0.15, 0.2) is 34.9 Å². The Morgan fingerprint density at radius 1 is 1.10 bits per heavy atom. The van der Waals surface area contributed by atoms with Crippen molar-refractivity contribution in [1.82, 2.24) is 30.0 Å². The highest BCUT2D eigenvalue weighted by atomic mass is 19.4. The third-order valence-corrected chi connectivity index (χ3v) is 8.14. The molecule has 42 heavy (non-hydrogen) atoms. The molecule has 3 aromatic rings. The first-order valence-corrected chi connectivity index (χ1v) is 14.5. The standard InChI is InChI=1S/C29H37F3N8O2/c1-5-21-17-39(25-24(29(30,31)32)35-23(15-34-25)26-36-37-28(42-26)33-6-2)19(4)16-40(21)22-11-13-38(14-12-22)27(41)20-9-7-18(3)8-10-20/h7-10,15,19,21-22H,5-6,11-14,16-17H2,1-4H3,(H,33,37). The topological polar surface area (TPSA) is 104 Å². The Morgan fingerprint density at radius 3 is 2.45 bits per heavy atom. The number of hydrogen-bond donors (Lipinski definition) is 1. The molecule has 0 aliphatic carbocycles. The van der Waals surface area contributed by atoms with E-state index in [9.17, 15) is 18.0 Å². The van der Waals surface area contributed by atoms with Crippen LogP contribution in [0.5, 0.6) is 0 Å². The number of amides is 1. The number of aryl methyl sites for hydroxylation is 1. The molecule has 0 radical (unpaired) electrons. The van der Waals surface area contributed by atoms with Gasteiger partial charge in [-0.25, -0.2) is 9.97 Å². The number of carbonyl (C=O) groups is 1. The van der Waals surface area contributed by atoms with Crippen LogP contribution in [0.1, 0.15) is 61.6 Å². The molecule has 2 saturated heterocycles. The van der Waals surface area contributed by atoms with Gasteiger partial charge in [-0.2, -0.15) is 13.2 Å². The SMILES string of the molecule is CCNc1nnc(-c2cnc(N3CC(CC)N(C4CCN(C(=O)c5ccc(C)cc5)CC4)CC3C)c(C(F)(F)F)n2)o1. The van der Waals surface area contributed by atoms with E-state index < -0.39 is 11.9 Å². The molecule has 4 heterocycles. The van der Waals surface area contributed by atoms with Gasteiger partial charge < -0.3 is 19.5 Å². The van der Waals surface area contributed by atoms with Gasteiger partial charge in [-0.1, -0.05) is 29.7 Å². The molecule has 2 unspecified atom stereocenters. The zero-order valence-corrected chi connectivity index (χ0v) is 24.4. The summed E-state index contributed by atoms with van der Waals surface area (Å²) in [6.07, 6.45) is -1.05. The van der Waals surface area contributed by atoms with Gasteiger partial charge in [0.1, 0.15) is 5.69 Å². The summed E-state index contributed by atoms with van der Waals surface area (Å²) in [7, 11) is 0. The zero-order chi connectivity index (χ0) is 30.0. The van der Waals surface area contributed by atoms with Gasteiger partial charge in [0.15, 0.2) is 11.5 Å². The van der Waals surface area contributed by atoms with Crippen LogP contribution < -0.4 is 10.2 Å². The fourth-order valence-corrected chi connectivity index (χ4v) is 5.89. The Hall–Kier alpha value is -3.74. The van der Waals surface area contributed by atoms with E-state index in [1.54, 1.807) is 4.90 Å². The normalized spacial score (nSPS) is 20.6. The number of likely N-dealkylation sites (tertiary alicyclic amines) is 1. The van der Waals surface area contributed by atoms with E-state index in [1.165, 1.54) is 6.20 Å². The van der Waals surface area contributed by atoms with Crippen LogP contribution in [0.4, 0.5) is 25.0 Å². The van der Waals surface area contributed by atoms with Gasteiger partial charge in [-0.05, 0) is 52.2 Å². The quantitative estimate of drug-likeness (QED) is 0.415. The van der Waals surface area contributed by atoms with Crippen LogP contribution in [-0.2, 0) is 6.18 Å². The predicted molar refractivity (Wildman–Crippen MR) is 152 cm³/mol. The van der Waals surface area contributed by atoms with Crippen molar-refractivity contribution in [2.45, 2.75) is 71.3 Å². The molecule has 13 heteroatoms. The molecular weight excluding hydrogens is 549 g/mol. The first kappa shape index (κ1) is 29.7. The number of rotatable bonds is 7. The molecule has 2 aliphatic rings. The van der Waals surface area contributed by atoms with Crippen molar-refractivity contribution >= 4 is 17.7 Å². The highest BCUT2D eigenvalue weighted by Gasteiger charge is 2.43. The summed E-state index contributed by atoms with van der Waals surface area (Å²) in [5.74, 6) is -0.285. The van der Waals surface area contributed by atoms with Crippen molar-refractivity contribution in [3.63, 3.8) is 0 Å². The molecule has 2 fully saturated rings. The lowest BCUT2D eigenvalue weighted by Crippen LogP contribution is -2.62. The van der Waals surface area contributed by atoms with Gasteiger partial charge in [0.25, 0.3) is 11.8 Å². The van der Waals surface area contributed by atoms with Crippen molar-refractivity contribution in [3.05, 3.63) is 47.3 Å². The summed E-state index contributed by atoms with van der Waals surface area (Å²) in [5.41, 5.74) is 0.602.